The van der Waals surface area contributed by atoms with Crippen molar-refractivity contribution in [1.29, 1.82) is 0 Å². The topological polar surface area (TPSA) is 220 Å². The van der Waals surface area contributed by atoms with Gasteiger partial charge in [-0.1, -0.05) is 40.5 Å². The maximum Gasteiger partial charge on any atom is 0.326 e. The zero-order valence-electron chi connectivity index (χ0n) is 20.6. The predicted molar refractivity (Wildman–Crippen MR) is 127 cm³/mol. The minimum Gasteiger partial charge on any atom is -0.480 e. The Morgan fingerprint density at radius 2 is 1.38 bits per heavy atom. The molecule has 0 aliphatic rings. The van der Waals surface area contributed by atoms with Crippen molar-refractivity contribution in [2.75, 3.05) is 6.54 Å². The summed E-state index contributed by atoms with van der Waals surface area (Å²) >= 11 is 0. The number of aliphatic carboxylic acids is 1. The Balaban J connectivity index is 5.61. The molecule has 196 valence electrons. The largest absolute Gasteiger partial charge is 0.480 e. The Hall–Kier alpha value is -2.73. The molecule has 0 radical (unpaired) electrons. The highest BCUT2D eigenvalue weighted by Crippen LogP contribution is 2.12. The number of hydrogen-bond donors (Lipinski definition) is 7. The number of nitrogens with two attached hydrogens (primary N) is 3. The van der Waals surface area contributed by atoms with E-state index in [4.69, 9.17) is 17.2 Å². The third-order valence-electron chi connectivity index (χ3n) is 5.95. The van der Waals surface area contributed by atoms with Crippen LogP contribution in [-0.4, -0.2) is 65.4 Å². The van der Waals surface area contributed by atoms with E-state index in [1.807, 2.05) is 13.8 Å². The van der Waals surface area contributed by atoms with Gasteiger partial charge in [0.1, 0.15) is 18.1 Å². The molecule has 0 fully saturated rings. The lowest BCUT2D eigenvalue weighted by molar-refractivity contribution is -0.144. The van der Waals surface area contributed by atoms with Crippen molar-refractivity contribution in [1.82, 2.24) is 16.0 Å². The summed E-state index contributed by atoms with van der Waals surface area (Å²) in [5, 5.41) is 16.8. The van der Waals surface area contributed by atoms with Gasteiger partial charge >= 0.3 is 5.97 Å². The van der Waals surface area contributed by atoms with Crippen LogP contribution in [0.5, 0.6) is 0 Å². The van der Waals surface area contributed by atoms with Crippen LogP contribution in [0.4, 0.5) is 0 Å². The summed E-state index contributed by atoms with van der Waals surface area (Å²) in [6.07, 6.45) is 2.08. The van der Waals surface area contributed by atoms with Crippen LogP contribution in [-0.2, 0) is 24.0 Å². The smallest absolute Gasteiger partial charge is 0.326 e. The van der Waals surface area contributed by atoms with Gasteiger partial charge in [0.2, 0.25) is 23.6 Å². The number of nitrogens with one attached hydrogen (secondary N) is 3. The molecule has 0 aliphatic carbocycles. The highest BCUT2D eigenvalue weighted by molar-refractivity contribution is 5.95. The SMILES string of the molecule is CCC(C)C(N)C(=O)NC(CCCCN)C(=O)NC(C(=O)NC(CC(N)=O)C(=O)O)C(C)CC. The lowest BCUT2D eigenvalue weighted by Crippen LogP contribution is -2.59. The maximum absolute atomic E-state index is 13.1. The quantitative estimate of drug-likeness (QED) is 0.125. The van der Waals surface area contributed by atoms with E-state index < -0.39 is 60.2 Å². The van der Waals surface area contributed by atoms with Crippen LogP contribution in [0, 0.1) is 11.8 Å². The first-order chi connectivity index (χ1) is 15.9. The molecule has 12 heteroatoms. The molecule has 4 amide bonds. The fraction of sp³-hybridized carbons (Fsp3) is 0.773. The third-order valence-corrected chi connectivity index (χ3v) is 5.95. The molecular formula is C22H42N6O6. The van der Waals surface area contributed by atoms with Crippen molar-refractivity contribution < 1.29 is 29.1 Å². The van der Waals surface area contributed by atoms with Crippen molar-refractivity contribution in [3.63, 3.8) is 0 Å². The molecule has 0 spiro atoms. The molecule has 0 heterocycles. The first kappa shape index (κ1) is 31.3. The molecule has 34 heavy (non-hydrogen) atoms. The number of carbonyl (C=O) groups excluding carboxylic acids is 4. The summed E-state index contributed by atoms with van der Waals surface area (Å²) in [7, 11) is 0. The molecule has 6 atom stereocenters. The van der Waals surface area contributed by atoms with Crippen molar-refractivity contribution in [2.45, 2.75) is 90.4 Å². The minimum absolute atomic E-state index is 0.0930. The molecule has 12 nitrogen and oxygen atoms in total. The molecule has 10 N–H and O–H groups in total. The van der Waals surface area contributed by atoms with E-state index in [1.165, 1.54) is 0 Å². The second-order valence-corrected chi connectivity index (χ2v) is 8.70. The van der Waals surface area contributed by atoms with E-state index >= 15 is 0 Å². The number of carboxylic acid groups (broad SMARTS) is 1. The lowest BCUT2D eigenvalue weighted by atomic mass is 9.96. The van der Waals surface area contributed by atoms with Crippen LogP contribution < -0.4 is 33.2 Å². The molecule has 0 bridgehead atoms. The van der Waals surface area contributed by atoms with E-state index in [9.17, 15) is 29.1 Å². The Labute approximate surface area is 201 Å². The summed E-state index contributed by atoms with van der Waals surface area (Å²) in [6, 6.07) is -4.37. The monoisotopic (exact) mass is 486 g/mol. The lowest BCUT2D eigenvalue weighted by Gasteiger charge is -2.28. The average molecular weight is 487 g/mol. The molecule has 0 aliphatic heterocycles. The van der Waals surface area contributed by atoms with E-state index in [0.717, 1.165) is 0 Å². The molecule has 0 rings (SSSR count). The standard InChI is InChI=1S/C22H42N6O6/c1-5-12(3)17(25)20(31)26-14(9-7-8-10-23)19(30)28-18(13(4)6-2)21(32)27-15(22(33)34)11-16(24)29/h12-15,17-18H,5-11,23,25H2,1-4H3,(H2,24,29)(H,26,31)(H,27,32)(H,28,30)(H,33,34). The van der Waals surface area contributed by atoms with Crippen molar-refractivity contribution in [2.24, 2.45) is 29.0 Å². The highest BCUT2D eigenvalue weighted by atomic mass is 16.4. The predicted octanol–water partition coefficient (Wildman–Crippen LogP) is -1.05. The van der Waals surface area contributed by atoms with Gasteiger partial charge in [0.15, 0.2) is 0 Å². The molecular weight excluding hydrogens is 444 g/mol. The van der Waals surface area contributed by atoms with Crippen molar-refractivity contribution in [3.8, 4) is 0 Å². The van der Waals surface area contributed by atoms with Crippen LogP contribution >= 0.6 is 0 Å². The number of primary amides is 1. The Bertz CT molecular complexity index is 703. The zero-order valence-corrected chi connectivity index (χ0v) is 20.6. The van der Waals surface area contributed by atoms with Gasteiger partial charge in [0.05, 0.1) is 12.5 Å². The fourth-order valence-electron chi connectivity index (χ4n) is 3.16. The van der Waals surface area contributed by atoms with Gasteiger partial charge in [-0.25, -0.2) is 4.79 Å². The summed E-state index contributed by atoms with van der Waals surface area (Å²) in [5.41, 5.74) is 16.6. The van der Waals surface area contributed by atoms with E-state index in [-0.39, 0.29) is 18.3 Å². The summed E-state index contributed by atoms with van der Waals surface area (Å²) in [6.45, 7) is 7.68. The molecule has 0 aromatic carbocycles. The van der Waals surface area contributed by atoms with Gasteiger partial charge in [-0.15, -0.1) is 0 Å². The summed E-state index contributed by atoms with van der Waals surface area (Å²) in [5.74, 6) is -4.60. The number of amides is 4. The first-order valence-corrected chi connectivity index (χ1v) is 11.8. The van der Waals surface area contributed by atoms with Gasteiger partial charge in [0.25, 0.3) is 0 Å². The maximum atomic E-state index is 13.1. The van der Waals surface area contributed by atoms with E-state index in [2.05, 4.69) is 16.0 Å². The van der Waals surface area contributed by atoms with Gasteiger partial charge in [-0.05, 0) is 37.6 Å². The Kier molecular flexibility index (Phi) is 14.7. The van der Waals surface area contributed by atoms with Crippen LogP contribution in [0.3, 0.4) is 0 Å². The van der Waals surface area contributed by atoms with Gasteiger partial charge in [0, 0.05) is 0 Å². The first-order valence-electron chi connectivity index (χ1n) is 11.8. The minimum atomic E-state index is -1.53. The fourth-order valence-corrected chi connectivity index (χ4v) is 3.16. The van der Waals surface area contributed by atoms with Crippen molar-refractivity contribution >= 4 is 29.6 Å². The molecule has 0 saturated carbocycles. The normalized spacial score (nSPS) is 16.3. The molecule has 0 aromatic rings. The third kappa shape index (κ3) is 10.9. The van der Waals surface area contributed by atoms with Crippen LogP contribution in [0.1, 0.15) is 66.2 Å². The number of carbonyl (C=O) groups is 5. The summed E-state index contributed by atoms with van der Waals surface area (Å²) in [4.78, 5) is 61.1. The molecule has 0 aromatic heterocycles. The summed E-state index contributed by atoms with van der Waals surface area (Å²) < 4.78 is 0. The molecule has 0 saturated heterocycles. The Morgan fingerprint density at radius 3 is 1.85 bits per heavy atom. The van der Waals surface area contributed by atoms with Crippen LogP contribution in [0.15, 0.2) is 0 Å². The van der Waals surface area contributed by atoms with Crippen LogP contribution in [0.2, 0.25) is 0 Å². The van der Waals surface area contributed by atoms with Crippen LogP contribution in [0.25, 0.3) is 0 Å². The number of unbranched alkanes of at least 4 members (excludes halogenated alkanes) is 1. The van der Waals surface area contributed by atoms with E-state index in [1.54, 1.807) is 13.8 Å². The molecule has 6 unspecified atom stereocenters. The number of hydrogen-bond acceptors (Lipinski definition) is 7. The van der Waals surface area contributed by atoms with E-state index in [0.29, 0.717) is 32.2 Å². The number of rotatable bonds is 17. The average Bonchev–Trinajstić information content (AvgIpc) is 2.79. The van der Waals surface area contributed by atoms with Gasteiger partial charge in [-0.3, -0.25) is 19.2 Å². The second-order valence-electron chi connectivity index (χ2n) is 8.70. The number of carboxylic acids is 1. The van der Waals surface area contributed by atoms with Gasteiger partial charge < -0.3 is 38.3 Å². The highest BCUT2D eigenvalue weighted by Gasteiger charge is 2.33. The Morgan fingerprint density at radius 1 is 0.824 bits per heavy atom. The van der Waals surface area contributed by atoms with Gasteiger partial charge in [-0.2, -0.15) is 0 Å². The second kappa shape index (κ2) is 16.0. The van der Waals surface area contributed by atoms with Crippen molar-refractivity contribution in [3.05, 3.63) is 0 Å². The zero-order chi connectivity index (χ0) is 26.4.